The van der Waals surface area contributed by atoms with Gasteiger partial charge < -0.3 is 5.32 Å². The molecule has 1 aromatic carbocycles. The molecule has 2 rings (SSSR count). The van der Waals surface area contributed by atoms with Gasteiger partial charge in [0.2, 0.25) is 5.91 Å². The molecule has 22 heavy (non-hydrogen) atoms. The summed E-state index contributed by atoms with van der Waals surface area (Å²) in [6.07, 6.45) is 4.73. The first-order valence-electron chi connectivity index (χ1n) is 7.34. The van der Waals surface area contributed by atoms with Crippen LogP contribution < -0.4 is 5.32 Å². The summed E-state index contributed by atoms with van der Waals surface area (Å²) in [5, 5.41) is 12.1. The number of anilines is 1. The zero-order valence-electron chi connectivity index (χ0n) is 12.8. The van der Waals surface area contributed by atoms with Crippen LogP contribution in [0.5, 0.6) is 0 Å². The van der Waals surface area contributed by atoms with Crippen molar-refractivity contribution in [3.63, 3.8) is 0 Å². The highest BCUT2D eigenvalue weighted by Gasteiger charge is 2.09. The Hall–Kier alpha value is -2.67. The van der Waals surface area contributed by atoms with E-state index in [4.69, 9.17) is 0 Å². The second-order valence-corrected chi connectivity index (χ2v) is 5.59. The van der Waals surface area contributed by atoms with E-state index in [9.17, 15) is 10.1 Å². The van der Waals surface area contributed by atoms with Crippen LogP contribution in [0, 0.1) is 17.2 Å². The third-order valence-corrected chi connectivity index (χ3v) is 3.38. The van der Waals surface area contributed by atoms with Gasteiger partial charge in [-0.15, -0.1) is 0 Å². The summed E-state index contributed by atoms with van der Waals surface area (Å²) in [6, 6.07) is 11.4. The van der Waals surface area contributed by atoms with E-state index in [2.05, 4.69) is 30.2 Å². The Morgan fingerprint density at radius 1 is 1.23 bits per heavy atom. The van der Waals surface area contributed by atoms with Crippen molar-refractivity contribution in [2.45, 2.75) is 26.7 Å². The number of rotatable bonds is 5. The van der Waals surface area contributed by atoms with Gasteiger partial charge in [0, 0.05) is 18.8 Å². The summed E-state index contributed by atoms with van der Waals surface area (Å²) in [5.41, 5.74) is 2.95. The number of nitrogens with zero attached hydrogens (tertiary/aromatic N) is 2. The van der Waals surface area contributed by atoms with Crippen molar-refractivity contribution in [1.29, 1.82) is 5.26 Å². The lowest BCUT2D eigenvalue weighted by Crippen LogP contribution is -2.13. The number of hydrogen-bond acceptors (Lipinski definition) is 3. The van der Waals surface area contributed by atoms with Crippen LogP contribution in [0.2, 0.25) is 0 Å². The van der Waals surface area contributed by atoms with E-state index in [0.29, 0.717) is 23.6 Å². The molecule has 1 aromatic heterocycles. The van der Waals surface area contributed by atoms with Crippen LogP contribution in [0.4, 0.5) is 5.69 Å². The van der Waals surface area contributed by atoms with Crippen LogP contribution in [-0.4, -0.2) is 10.9 Å². The molecule has 0 radical (unpaired) electrons. The number of carbonyl (C=O) groups excluding carboxylic acids is 1. The van der Waals surface area contributed by atoms with Gasteiger partial charge >= 0.3 is 0 Å². The molecular weight excluding hydrogens is 274 g/mol. The van der Waals surface area contributed by atoms with E-state index in [1.807, 2.05) is 18.2 Å². The molecule has 0 aliphatic heterocycles. The summed E-state index contributed by atoms with van der Waals surface area (Å²) in [4.78, 5) is 15.9. The van der Waals surface area contributed by atoms with Crippen LogP contribution in [-0.2, 0) is 4.79 Å². The van der Waals surface area contributed by atoms with Gasteiger partial charge in [-0.25, -0.2) is 0 Å². The van der Waals surface area contributed by atoms with Gasteiger partial charge in [0.1, 0.15) is 6.07 Å². The minimum absolute atomic E-state index is 0.0538. The van der Waals surface area contributed by atoms with Gasteiger partial charge in [-0.1, -0.05) is 19.9 Å². The van der Waals surface area contributed by atoms with Crippen molar-refractivity contribution in [2.75, 3.05) is 5.32 Å². The smallest absolute Gasteiger partial charge is 0.224 e. The zero-order chi connectivity index (χ0) is 15.9. The number of pyridine rings is 1. The summed E-state index contributed by atoms with van der Waals surface area (Å²) in [5.74, 6) is 0.428. The fourth-order valence-electron chi connectivity index (χ4n) is 2.10. The van der Waals surface area contributed by atoms with Gasteiger partial charge in [0.25, 0.3) is 0 Å². The molecule has 0 saturated carbocycles. The van der Waals surface area contributed by atoms with Crippen molar-refractivity contribution in [1.82, 2.24) is 4.98 Å². The quantitative estimate of drug-likeness (QED) is 0.906. The Balaban J connectivity index is 2.17. The van der Waals surface area contributed by atoms with E-state index in [1.165, 1.54) is 0 Å². The highest BCUT2D eigenvalue weighted by molar-refractivity contribution is 5.92. The predicted molar refractivity (Wildman–Crippen MR) is 87.1 cm³/mol. The summed E-state index contributed by atoms with van der Waals surface area (Å²) < 4.78 is 0. The predicted octanol–water partition coefficient (Wildman–Crippen LogP) is 3.99. The van der Waals surface area contributed by atoms with E-state index < -0.39 is 0 Å². The van der Waals surface area contributed by atoms with E-state index in [0.717, 1.165) is 17.5 Å². The molecule has 4 nitrogen and oxygen atoms in total. The molecule has 0 spiro atoms. The van der Waals surface area contributed by atoms with Crippen LogP contribution in [0.1, 0.15) is 32.3 Å². The topological polar surface area (TPSA) is 65.8 Å². The number of amides is 1. The first-order chi connectivity index (χ1) is 10.6. The van der Waals surface area contributed by atoms with Gasteiger partial charge in [0.15, 0.2) is 0 Å². The minimum Gasteiger partial charge on any atom is -0.325 e. The van der Waals surface area contributed by atoms with Crippen LogP contribution in [0.25, 0.3) is 11.1 Å². The lowest BCUT2D eigenvalue weighted by molar-refractivity contribution is -0.116. The number of nitrogens with one attached hydrogen (secondary N) is 1. The largest absolute Gasteiger partial charge is 0.325 e. The Labute approximate surface area is 130 Å². The monoisotopic (exact) mass is 293 g/mol. The van der Waals surface area contributed by atoms with Crippen molar-refractivity contribution < 1.29 is 4.79 Å². The lowest BCUT2D eigenvalue weighted by Gasteiger charge is -2.10. The Morgan fingerprint density at radius 2 is 1.95 bits per heavy atom. The van der Waals surface area contributed by atoms with Gasteiger partial charge in [0.05, 0.1) is 11.3 Å². The second-order valence-electron chi connectivity index (χ2n) is 5.59. The van der Waals surface area contributed by atoms with Gasteiger partial charge in [-0.2, -0.15) is 5.26 Å². The highest BCUT2D eigenvalue weighted by atomic mass is 16.1. The number of benzene rings is 1. The molecule has 0 fully saturated rings. The highest BCUT2D eigenvalue weighted by Crippen LogP contribution is 2.24. The van der Waals surface area contributed by atoms with Crippen LogP contribution in [0.15, 0.2) is 42.7 Å². The average Bonchev–Trinajstić information content (AvgIpc) is 2.54. The summed E-state index contributed by atoms with van der Waals surface area (Å²) in [7, 11) is 0. The maximum atomic E-state index is 11.9. The molecule has 1 amide bonds. The fourth-order valence-corrected chi connectivity index (χ4v) is 2.10. The Morgan fingerprint density at radius 3 is 2.59 bits per heavy atom. The van der Waals surface area contributed by atoms with E-state index in [-0.39, 0.29) is 5.91 Å². The van der Waals surface area contributed by atoms with Crippen molar-refractivity contribution in [2.24, 2.45) is 5.92 Å². The van der Waals surface area contributed by atoms with Crippen LogP contribution >= 0.6 is 0 Å². The summed E-state index contributed by atoms with van der Waals surface area (Å²) >= 11 is 0. The van der Waals surface area contributed by atoms with Crippen molar-refractivity contribution in [3.05, 3.63) is 48.3 Å². The molecule has 0 unspecified atom stereocenters. The number of aromatic nitrogens is 1. The number of carbonyl (C=O) groups is 1. The molecule has 2 aromatic rings. The Bertz CT molecular complexity index is 687. The van der Waals surface area contributed by atoms with Crippen molar-refractivity contribution in [3.8, 4) is 17.2 Å². The van der Waals surface area contributed by atoms with Crippen LogP contribution in [0.3, 0.4) is 0 Å². The molecule has 0 saturated heterocycles. The standard InChI is InChI=1S/C18H19N3O/c1-13(2)3-6-18(22)21-17-5-4-15(11-16(17)12-19)14-7-9-20-10-8-14/h4-5,7-11,13H,3,6H2,1-2H3,(H,21,22). The maximum Gasteiger partial charge on any atom is 0.224 e. The SMILES string of the molecule is CC(C)CCC(=O)Nc1ccc(-c2ccncc2)cc1C#N. The molecule has 0 atom stereocenters. The Kier molecular flexibility index (Phi) is 5.26. The first kappa shape index (κ1) is 15.7. The molecule has 112 valence electrons. The first-order valence-corrected chi connectivity index (χ1v) is 7.34. The molecule has 0 aliphatic carbocycles. The number of nitriles is 1. The zero-order valence-corrected chi connectivity index (χ0v) is 12.8. The normalized spacial score (nSPS) is 10.3. The molecular formula is C18H19N3O. The third-order valence-electron chi connectivity index (χ3n) is 3.38. The third kappa shape index (κ3) is 4.16. The van der Waals surface area contributed by atoms with E-state index in [1.54, 1.807) is 24.5 Å². The average molecular weight is 293 g/mol. The van der Waals surface area contributed by atoms with E-state index >= 15 is 0 Å². The molecule has 0 aliphatic rings. The molecule has 1 heterocycles. The lowest BCUT2D eigenvalue weighted by atomic mass is 10.0. The molecule has 4 heteroatoms. The van der Waals surface area contributed by atoms with Gasteiger partial charge in [-0.05, 0) is 47.7 Å². The van der Waals surface area contributed by atoms with Crippen molar-refractivity contribution >= 4 is 11.6 Å². The fraction of sp³-hybridized carbons (Fsp3) is 0.278. The second kappa shape index (κ2) is 7.37. The summed E-state index contributed by atoms with van der Waals surface area (Å²) in [6.45, 7) is 4.16. The molecule has 0 bridgehead atoms. The molecule has 1 N–H and O–H groups in total. The van der Waals surface area contributed by atoms with Gasteiger partial charge in [-0.3, -0.25) is 9.78 Å². The number of hydrogen-bond donors (Lipinski definition) is 1. The minimum atomic E-state index is -0.0538. The maximum absolute atomic E-state index is 11.9.